The van der Waals surface area contributed by atoms with Gasteiger partial charge < -0.3 is 14.8 Å². The number of amides is 2. The maximum absolute atomic E-state index is 13.7. The van der Waals surface area contributed by atoms with Crippen LogP contribution in [0.2, 0.25) is 0 Å². The van der Waals surface area contributed by atoms with Crippen LogP contribution in [0.5, 0.6) is 0 Å². The second-order valence-corrected chi connectivity index (χ2v) is 10.4. The number of nitro benzene ring substituents is 1. The van der Waals surface area contributed by atoms with Crippen LogP contribution in [0.3, 0.4) is 0 Å². The summed E-state index contributed by atoms with van der Waals surface area (Å²) in [4.78, 5) is 44.1. The lowest BCUT2D eigenvalue weighted by molar-refractivity contribution is -0.385. The number of benzene rings is 3. The van der Waals surface area contributed by atoms with E-state index in [1.165, 1.54) is 40.1 Å². The maximum atomic E-state index is 13.7. The lowest BCUT2D eigenvalue weighted by Gasteiger charge is -2.30. The molecule has 4 rings (SSSR count). The van der Waals surface area contributed by atoms with Crippen molar-refractivity contribution in [3.8, 4) is 0 Å². The first-order valence-electron chi connectivity index (χ1n) is 13.4. The lowest BCUT2D eigenvalue weighted by atomic mass is 10.1. The van der Waals surface area contributed by atoms with E-state index in [2.05, 4.69) is 4.98 Å². The molecule has 4 aromatic rings. The number of rotatable bonds is 10. The Morgan fingerprint density at radius 1 is 1.02 bits per heavy atom. The quantitative estimate of drug-likeness (QED) is 0.170. The van der Waals surface area contributed by atoms with E-state index in [0.29, 0.717) is 17.5 Å². The molecule has 0 saturated carbocycles. The first kappa shape index (κ1) is 30.3. The van der Waals surface area contributed by atoms with Crippen molar-refractivity contribution in [2.75, 3.05) is 13.1 Å². The highest BCUT2D eigenvalue weighted by Crippen LogP contribution is 2.29. The van der Waals surface area contributed by atoms with Gasteiger partial charge in [0.15, 0.2) is 0 Å². The fraction of sp³-hybridized carbons (Fsp3) is 0.290. The van der Waals surface area contributed by atoms with Crippen molar-refractivity contribution < 1.29 is 27.7 Å². The van der Waals surface area contributed by atoms with Gasteiger partial charge in [0.1, 0.15) is 6.54 Å². The SMILES string of the molecule is Cc1ccc(C(=O)N(CC(=O)N(CCc2c[nH]c3ccccc23)Cc2ccc(C(F)(F)F)cc2)C(C)C)cc1[N+](=O)[O-]. The number of halogens is 3. The predicted molar refractivity (Wildman–Crippen MR) is 153 cm³/mol. The normalized spacial score (nSPS) is 11.6. The number of hydrogen-bond donors (Lipinski definition) is 1. The molecule has 0 unspecified atom stereocenters. The minimum absolute atomic E-state index is 0.0372. The van der Waals surface area contributed by atoms with E-state index in [0.717, 1.165) is 28.6 Å². The van der Waals surface area contributed by atoms with Gasteiger partial charge in [-0.3, -0.25) is 19.7 Å². The maximum Gasteiger partial charge on any atom is 0.416 e. The van der Waals surface area contributed by atoms with Crippen molar-refractivity contribution in [3.63, 3.8) is 0 Å². The average Bonchev–Trinajstić information content (AvgIpc) is 3.36. The summed E-state index contributed by atoms with van der Waals surface area (Å²) in [5, 5.41) is 12.4. The molecule has 0 saturated heterocycles. The summed E-state index contributed by atoms with van der Waals surface area (Å²) in [5.74, 6) is -0.939. The number of aromatic nitrogens is 1. The second kappa shape index (κ2) is 12.5. The highest BCUT2D eigenvalue weighted by atomic mass is 19.4. The summed E-state index contributed by atoms with van der Waals surface area (Å²) >= 11 is 0. The zero-order valence-corrected chi connectivity index (χ0v) is 23.4. The second-order valence-electron chi connectivity index (χ2n) is 10.4. The molecule has 1 heterocycles. The molecule has 0 aliphatic carbocycles. The highest BCUT2D eigenvalue weighted by Gasteiger charge is 2.30. The number of carbonyl (C=O) groups excluding carboxylic acids is 2. The molecule has 0 aliphatic heterocycles. The Hall–Kier alpha value is -4.67. The van der Waals surface area contributed by atoms with Crippen molar-refractivity contribution >= 4 is 28.4 Å². The molecular weight excluding hydrogens is 549 g/mol. The fourth-order valence-corrected chi connectivity index (χ4v) is 4.74. The van der Waals surface area contributed by atoms with E-state index < -0.39 is 34.5 Å². The zero-order chi connectivity index (χ0) is 30.6. The molecule has 0 atom stereocenters. The highest BCUT2D eigenvalue weighted by molar-refractivity contribution is 5.97. The number of alkyl halides is 3. The van der Waals surface area contributed by atoms with Crippen molar-refractivity contribution in [1.82, 2.24) is 14.8 Å². The van der Waals surface area contributed by atoms with Gasteiger partial charge in [0.2, 0.25) is 5.91 Å². The third-order valence-electron chi connectivity index (χ3n) is 7.18. The van der Waals surface area contributed by atoms with Crippen LogP contribution in [0.1, 0.15) is 46.5 Å². The predicted octanol–water partition coefficient (Wildman–Crippen LogP) is 6.53. The summed E-state index contributed by atoms with van der Waals surface area (Å²) in [6.45, 7) is 5.02. The first-order chi connectivity index (χ1) is 19.8. The topological polar surface area (TPSA) is 99.6 Å². The Labute approximate surface area is 240 Å². The van der Waals surface area contributed by atoms with Crippen molar-refractivity contribution in [2.24, 2.45) is 0 Å². The Morgan fingerprint density at radius 2 is 1.71 bits per heavy atom. The van der Waals surface area contributed by atoms with Crippen LogP contribution in [0.25, 0.3) is 10.9 Å². The number of nitro groups is 1. The van der Waals surface area contributed by atoms with Crippen LogP contribution in [0, 0.1) is 17.0 Å². The van der Waals surface area contributed by atoms with Crippen LogP contribution >= 0.6 is 0 Å². The van der Waals surface area contributed by atoms with Gasteiger partial charge in [0.25, 0.3) is 11.6 Å². The number of para-hydroxylation sites is 1. The number of carbonyl (C=O) groups is 2. The smallest absolute Gasteiger partial charge is 0.361 e. The number of aromatic amines is 1. The molecule has 42 heavy (non-hydrogen) atoms. The number of H-pyrrole nitrogens is 1. The van der Waals surface area contributed by atoms with Gasteiger partial charge in [-0.25, -0.2) is 0 Å². The van der Waals surface area contributed by atoms with E-state index in [-0.39, 0.29) is 30.9 Å². The molecule has 11 heteroatoms. The van der Waals surface area contributed by atoms with Crippen molar-refractivity contribution in [2.45, 2.75) is 46.0 Å². The minimum atomic E-state index is -4.48. The summed E-state index contributed by atoms with van der Waals surface area (Å²) in [7, 11) is 0. The molecule has 0 bridgehead atoms. The Kier molecular flexibility index (Phi) is 8.99. The van der Waals surface area contributed by atoms with E-state index in [1.54, 1.807) is 20.8 Å². The van der Waals surface area contributed by atoms with Gasteiger partial charge in [0.05, 0.1) is 10.5 Å². The standard InChI is InChI=1S/C31H31F3N4O4/c1-20(2)37(30(40)23-11-8-21(3)28(16-23)38(41)42)19-29(39)36(18-22-9-12-25(13-10-22)31(32,33)34)15-14-24-17-35-27-7-5-4-6-26(24)27/h4-13,16-17,20,35H,14-15,18-19H2,1-3H3. The summed E-state index contributed by atoms with van der Waals surface area (Å²) in [5.41, 5.74) is 1.93. The van der Waals surface area contributed by atoms with Crippen LogP contribution in [0.4, 0.5) is 18.9 Å². The zero-order valence-electron chi connectivity index (χ0n) is 23.4. The van der Waals surface area contributed by atoms with E-state index >= 15 is 0 Å². The van der Waals surface area contributed by atoms with Crippen LogP contribution in [0.15, 0.2) is 72.9 Å². The van der Waals surface area contributed by atoms with E-state index in [9.17, 15) is 32.9 Å². The molecule has 0 radical (unpaired) electrons. The van der Waals surface area contributed by atoms with Crippen molar-refractivity contribution in [3.05, 3.63) is 111 Å². The van der Waals surface area contributed by atoms with Crippen LogP contribution in [-0.4, -0.2) is 50.7 Å². The number of aryl methyl sites for hydroxylation is 1. The van der Waals surface area contributed by atoms with Gasteiger partial charge in [-0.05, 0) is 62.6 Å². The fourth-order valence-electron chi connectivity index (χ4n) is 4.74. The number of hydrogen-bond acceptors (Lipinski definition) is 4. The Balaban J connectivity index is 1.59. The summed E-state index contributed by atoms with van der Waals surface area (Å²) in [6.07, 6.45) is -2.15. The van der Waals surface area contributed by atoms with Crippen LogP contribution in [-0.2, 0) is 23.9 Å². The van der Waals surface area contributed by atoms with Crippen LogP contribution < -0.4 is 0 Å². The summed E-state index contributed by atoms with van der Waals surface area (Å²) in [6, 6.07) is 16.1. The number of nitrogens with zero attached hydrogens (tertiary/aromatic N) is 3. The third kappa shape index (κ3) is 6.96. The van der Waals surface area contributed by atoms with Gasteiger partial charge in [-0.2, -0.15) is 13.2 Å². The first-order valence-corrected chi connectivity index (χ1v) is 13.4. The minimum Gasteiger partial charge on any atom is -0.361 e. The van der Waals surface area contributed by atoms with E-state index in [1.807, 2.05) is 30.5 Å². The Bertz CT molecular complexity index is 1600. The molecule has 0 fully saturated rings. The average molecular weight is 581 g/mol. The van der Waals surface area contributed by atoms with Gasteiger partial charge >= 0.3 is 6.18 Å². The third-order valence-corrected chi connectivity index (χ3v) is 7.18. The van der Waals surface area contributed by atoms with Gasteiger partial charge in [-0.1, -0.05) is 36.4 Å². The molecule has 3 aromatic carbocycles. The molecule has 220 valence electrons. The molecule has 1 aromatic heterocycles. The van der Waals surface area contributed by atoms with Gasteiger partial charge in [-0.15, -0.1) is 0 Å². The largest absolute Gasteiger partial charge is 0.416 e. The molecule has 2 amide bonds. The lowest BCUT2D eigenvalue weighted by Crippen LogP contribution is -2.46. The number of nitrogens with one attached hydrogen (secondary N) is 1. The molecule has 0 aliphatic rings. The number of fused-ring (bicyclic) bond motifs is 1. The molecule has 8 nitrogen and oxygen atoms in total. The van der Waals surface area contributed by atoms with E-state index in [4.69, 9.17) is 0 Å². The van der Waals surface area contributed by atoms with Gasteiger partial charge in [0, 0.05) is 53.4 Å². The summed E-state index contributed by atoms with van der Waals surface area (Å²) < 4.78 is 39.3. The molecular formula is C31H31F3N4O4. The Morgan fingerprint density at radius 3 is 2.36 bits per heavy atom. The van der Waals surface area contributed by atoms with Crippen molar-refractivity contribution in [1.29, 1.82) is 0 Å². The monoisotopic (exact) mass is 580 g/mol. The molecule has 0 spiro atoms. The molecule has 1 N–H and O–H groups in total.